The third kappa shape index (κ3) is 2.96. The van der Waals surface area contributed by atoms with Crippen molar-refractivity contribution in [1.82, 2.24) is 0 Å². The van der Waals surface area contributed by atoms with Gasteiger partial charge in [0.1, 0.15) is 11.9 Å². The van der Waals surface area contributed by atoms with Crippen LogP contribution in [0.2, 0.25) is 0 Å². The summed E-state index contributed by atoms with van der Waals surface area (Å²) in [6.45, 7) is 6.53. The van der Waals surface area contributed by atoms with Crippen molar-refractivity contribution in [3.63, 3.8) is 0 Å². The first-order valence-corrected chi connectivity index (χ1v) is 9.11. The van der Waals surface area contributed by atoms with Crippen molar-refractivity contribution in [2.45, 2.75) is 19.1 Å². The zero-order chi connectivity index (χ0) is 19.0. The smallest absolute Gasteiger partial charge is 0.236 e. The molecule has 0 spiro atoms. The number of amides is 1. The summed E-state index contributed by atoms with van der Waals surface area (Å²) in [6.07, 6.45) is 1.94. The van der Waals surface area contributed by atoms with Gasteiger partial charge in [-0.1, -0.05) is 48.6 Å². The number of hydrogen-bond acceptors (Lipinski definition) is 3. The molecule has 0 aliphatic carbocycles. The average molecular weight is 361 g/mol. The molecule has 1 amide bonds. The van der Waals surface area contributed by atoms with E-state index >= 15 is 0 Å². The minimum atomic E-state index is -0.234. The summed E-state index contributed by atoms with van der Waals surface area (Å²) in [5, 5.41) is 0. The molecule has 4 nitrogen and oxygen atoms in total. The number of rotatable bonds is 5. The number of nitrogens with zero attached hydrogens (tertiary/aromatic N) is 1. The van der Waals surface area contributed by atoms with E-state index in [1.165, 1.54) is 0 Å². The molecule has 0 bridgehead atoms. The Kier molecular flexibility index (Phi) is 4.58. The molecule has 2 heterocycles. The van der Waals surface area contributed by atoms with Gasteiger partial charge < -0.3 is 14.4 Å². The molecule has 0 N–H and O–H groups in total. The minimum absolute atomic E-state index is 0.0700. The number of anilines is 1. The van der Waals surface area contributed by atoms with Crippen LogP contribution in [0.1, 0.15) is 12.5 Å². The minimum Gasteiger partial charge on any atom is -0.497 e. The number of β-lactam (4-membered cyclic amide) rings is 1. The summed E-state index contributed by atoms with van der Waals surface area (Å²) in [6, 6.07) is 17.7. The molecular formula is C23H23NO3. The van der Waals surface area contributed by atoms with Gasteiger partial charge in [-0.05, 0) is 42.3 Å². The van der Waals surface area contributed by atoms with E-state index < -0.39 is 0 Å². The Bertz CT molecular complexity index is 886. The number of carbonyl (C=O) groups excluding carboxylic acids is 1. The third-order valence-corrected chi connectivity index (χ3v) is 5.33. The van der Waals surface area contributed by atoms with Crippen molar-refractivity contribution < 1.29 is 14.3 Å². The van der Waals surface area contributed by atoms with E-state index in [-0.39, 0.29) is 24.0 Å². The van der Waals surface area contributed by atoms with Gasteiger partial charge in [0.25, 0.3) is 0 Å². The molecule has 0 aromatic heterocycles. The summed E-state index contributed by atoms with van der Waals surface area (Å²) in [4.78, 5) is 14.8. The monoisotopic (exact) mass is 361 g/mol. The highest BCUT2D eigenvalue weighted by atomic mass is 16.5. The van der Waals surface area contributed by atoms with Gasteiger partial charge in [-0.15, -0.1) is 0 Å². The van der Waals surface area contributed by atoms with E-state index in [0.29, 0.717) is 6.61 Å². The molecule has 4 rings (SSSR count). The van der Waals surface area contributed by atoms with Crippen LogP contribution in [0.3, 0.4) is 0 Å². The van der Waals surface area contributed by atoms with Gasteiger partial charge >= 0.3 is 0 Å². The summed E-state index contributed by atoms with van der Waals surface area (Å²) in [5.74, 6) is 0.601. The van der Waals surface area contributed by atoms with E-state index in [1.807, 2.05) is 54.3 Å². The van der Waals surface area contributed by atoms with Gasteiger partial charge in [0, 0.05) is 5.69 Å². The molecule has 2 aromatic carbocycles. The molecular weight excluding hydrogens is 338 g/mol. The molecule has 1 saturated heterocycles. The number of ether oxygens (including phenoxy) is 2. The molecule has 27 heavy (non-hydrogen) atoms. The van der Waals surface area contributed by atoms with Crippen LogP contribution < -0.4 is 9.64 Å². The van der Waals surface area contributed by atoms with Gasteiger partial charge in [-0.25, -0.2) is 0 Å². The quantitative estimate of drug-likeness (QED) is 0.595. The summed E-state index contributed by atoms with van der Waals surface area (Å²) >= 11 is 0. The average Bonchev–Trinajstić information content (AvgIpc) is 3.16. The van der Waals surface area contributed by atoms with Crippen LogP contribution in [-0.4, -0.2) is 31.8 Å². The van der Waals surface area contributed by atoms with Crippen LogP contribution in [0.5, 0.6) is 5.75 Å². The molecule has 1 fully saturated rings. The lowest BCUT2D eigenvalue weighted by Crippen LogP contribution is -2.66. The fraction of sp³-hybridized carbons (Fsp3) is 0.261. The van der Waals surface area contributed by atoms with Crippen LogP contribution in [0, 0.1) is 5.92 Å². The molecule has 3 atom stereocenters. The first-order valence-electron chi connectivity index (χ1n) is 9.11. The fourth-order valence-corrected chi connectivity index (χ4v) is 4.01. The Morgan fingerprint density at radius 1 is 1.15 bits per heavy atom. The van der Waals surface area contributed by atoms with Gasteiger partial charge in [-0.3, -0.25) is 4.79 Å². The Morgan fingerprint density at radius 2 is 1.85 bits per heavy atom. The van der Waals surface area contributed by atoms with E-state index in [0.717, 1.165) is 28.1 Å². The second-order valence-electron chi connectivity index (χ2n) is 7.00. The van der Waals surface area contributed by atoms with Crippen molar-refractivity contribution in [2.24, 2.45) is 5.92 Å². The van der Waals surface area contributed by atoms with Gasteiger partial charge in [0.2, 0.25) is 5.91 Å². The van der Waals surface area contributed by atoms with Crippen molar-refractivity contribution in [1.29, 1.82) is 0 Å². The van der Waals surface area contributed by atoms with E-state index in [4.69, 9.17) is 9.47 Å². The van der Waals surface area contributed by atoms with Crippen molar-refractivity contribution >= 4 is 17.2 Å². The number of benzene rings is 2. The zero-order valence-corrected chi connectivity index (χ0v) is 15.6. The van der Waals surface area contributed by atoms with Crippen molar-refractivity contribution in [3.8, 4) is 5.75 Å². The Labute approximate surface area is 159 Å². The standard InChI is InChI=1S/C23H23NO3/c1-15(2)20-21(22-19(13-14-27-22)16-7-5-4-6-8-16)24(23(20)25)17-9-11-18(26-3)12-10-17/h4-13,20-22H,1,14H2,2-3H3/t20-,21-,22+/m0/s1. The topological polar surface area (TPSA) is 38.8 Å². The van der Waals surface area contributed by atoms with Crippen LogP contribution >= 0.6 is 0 Å². The van der Waals surface area contributed by atoms with Crippen molar-refractivity contribution in [3.05, 3.63) is 78.4 Å². The summed E-state index contributed by atoms with van der Waals surface area (Å²) < 4.78 is 11.3. The highest BCUT2D eigenvalue weighted by Crippen LogP contribution is 2.43. The first kappa shape index (κ1) is 17.6. The number of methoxy groups -OCH3 is 1. The van der Waals surface area contributed by atoms with Crippen LogP contribution in [-0.2, 0) is 9.53 Å². The highest BCUT2D eigenvalue weighted by Gasteiger charge is 2.54. The normalized spacial score (nSPS) is 24.4. The number of hydrogen-bond donors (Lipinski definition) is 0. The fourth-order valence-electron chi connectivity index (χ4n) is 4.01. The van der Waals surface area contributed by atoms with Crippen LogP contribution in [0.4, 0.5) is 5.69 Å². The molecule has 2 aliphatic rings. The maximum absolute atomic E-state index is 12.9. The SMILES string of the molecule is C=C(C)[C@@H]1C(=O)N(c2ccc(OC)cc2)[C@@H]1[C@@H]1OCC=C1c1ccccc1. The second kappa shape index (κ2) is 7.05. The molecule has 138 valence electrons. The van der Waals surface area contributed by atoms with E-state index in [9.17, 15) is 4.79 Å². The Hall–Kier alpha value is -2.85. The van der Waals surface area contributed by atoms with E-state index in [1.54, 1.807) is 7.11 Å². The van der Waals surface area contributed by atoms with Gasteiger partial charge in [-0.2, -0.15) is 0 Å². The highest BCUT2D eigenvalue weighted by molar-refractivity contribution is 6.05. The molecule has 2 aliphatic heterocycles. The summed E-state index contributed by atoms with van der Waals surface area (Å²) in [7, 11) is 1.63. The Morgan fingerprint density at radius 3 is 2.48 bits per heavy atom. The van der Waals surface area contributed by atoms with Gasteiger partial charge in [0.05, 0.1) is 25.7 Å². The van der Waals surface area contributed by atoms with Crippen LogP contribution in [0.25, 0.3) is 5.57 Å². The predicted octanol–water partition coefficient (Wildman–Crippen LogP) is 4.09. The molecule has 0 radical (unpaired) electrons. The molecule has 2 aromatic rings. The molecule has 0 saturated carbocycles. The lowest BCUT2D eigenvalue weighted by molar-refractivity contribution is -0.130. The zero-order valence-electron chi connectivity index (χ0n) is 15.6. The lowest BCUT2D eigenvalue weighted by atomic mass is 9.76. The molecule has 0 unspecified atom stereocenters. The number of carbonyl (C=O) groups is 1. The summed E-state index contributed by atoms with van der Waals surface area (Å²) in [5.41, 5.74) is 4.00. The van der Waals surface area contributed by atoms with Crippen molar-refractivity contribution in [2.75, 3.05) is 18.6 Å². The predicted molar refractivity (Wildman–Crippen MR) is 107 cm³/mol. The van der Waals surface area contributed by atoms with Crippen LogP contribution in [0.15, 0.2) is 72.8 Å². The molecule has 4 heteroatoms. The largest absolute Gasteiger partial charge is 0.497 e. The van der Waals surface area contributed by atoms with Gasteiger partial charge in [0.15, 0.2) is 0 Å². The maximum Gasteiger partial charge on any atom is 0.236 e. The first-order chi connectivity index (χ1) is 13.1. The maximum atomic E-state index is 12.9. The van der Waals surface area contributed by atoms with E-state index in [2.05, 4.69) is 24.8 Å². The third-order valence-electron chi connectivity index (χ3n) is 5.33. The second-order valence-corrected chi connectivity index (χ2v) is 7.00. The Balaban J connectivity index is 1.69. The lowest BCUT2D eigenvalue weighted by Gasteiger charge is -2.50.